The maximum absolute atomic E-state index is 13.1. The minimum atomic E-state index is -0.277. The van der Waals surface area contributed by atoms with Gasteiger partial charge in [0.2, 0.25) is 5.91 Å². The molecule has 1 fully saturated rings. The van der Waals surface area contributed by atoms with Gasteiger partial charge in [-0.15, -0.1) is 22.0 Å². The van der Waals surface area contributed by atoms with Crippen LogP contribution in [0, 0.1) is 11.7 Å². The van der Waals surface area contributed by atoms with Gasteiger partial charge in [0, 0.05) is 29.2 Å². The Morgan fingerprint density at radius 1 is 1.13 bits per heavy atom. The number of halogens is 1. The normalized spacial score (nSPS) is 16.3. The van der Waals surface area contributed by atoms with Crippen LogP contribution in [0.4, 0.5) is 15.9 Å². The molecular weight excluding hydrogens is 399 g/mol. The van der Waals surface area contributed by atoms with Crippen LogP contribution in [0.25, 0.3) is 11.3 Å². The number of nitrogens with one attached hydrogen (secondary N) is 1. The number of carbonyl (C=O) groups is 1. The number of benzene rings is 2. The first-order chi connectivity index (χ1) is 14.6. The van der Waals surface area contributed by atoms with Gasteiger partial charge in [0.25, 0.3) is 0 Å². The molecule has 4 rings (SSSR count). The molecule has 0 aliphatic carbocycles. The van der Waals surface area contributed by atoms with E-state index in [9.17, 15) is 9.18 Å². The predicted molar refractivity (Wildman–Crippen MR) is 119 cm³/mol. The summed E-state index contributed by atoms with van der Waals surface area (Å²) in [5, 5.41) is 11.7. The number of rotatable bonds is 5. The highest BCUT2D eigenvalue weighted by atomic mass is 32.2. The first kappa shape index (κ1) is 20.3. The topological polar surface area (TPSA) is 58.1 Å². The predicted octanol–water partition coefficient (Wildman–Crippen LogP) is 4.86. The average molecular weight is 423 g/mol. The van der Waals surface area contributed by atoms with Crippen LogP contribution in [0.3, 0.4) is 0 Å². The molecule has 2 heterocycles. The van der Waals surface area contributed by atoms with Crippen molar-refractivity contribution in [1.29, 1.82) is 0 Å². The number of carbonyl (C=O) groups excluding carboxylic acids is 1. The highest BCUT2D eigenvalue weighted by Crippen LogP contribution is 2.25. The molecule has 30 heavy (non-hydrogen) atoms. The number of piperidine rings is 1. The molecule has 3 aromatic rings. The zero-order valence-electron chi connectivity index (χ0n) is 16.7. The maximum atomic E-state index is 13.1. The average Bonchev–Trinajstić information content (AvgIpc) is 2.80. The van der Waals surface area contributed by atoms with Gasteiger partial charge in [-0.25, -0.2) is 4.39 Å². The number of thioether (sulfide) groups is 1. The second kappa shape index (κ2) is 9.26. The number of amides is 1. The van der Waals surface area contributed by atoms with Crippen LogP contribution in [0.5, 0.6) is 0 Å². The van der Waals surface area contributed by atoms with Crippen molar-refractivity contribution in [3.8, 4) is 11.3 Å². The second-order valence-electron chi connectivity index (χ2n) is 7.29. The van der Waals surface area contributed by atoms with E-state index in [1.54, 1.807) is 23.9 Å². The molecule has 0 spiro atoms. The number of hydrogen-bond acceptors (Lipinski definition) is 5. The number of aromatic nitrogens is 2. The monoisotopic (exact) mass is 422 g/mol. The summed E-state index contributed by atoms with van der Waals surface area (Å²) in [4.78, 5) is 16.0. The quantitative estimate of drug-likeness (QED) is 0.595. The molecule has 1 N–H and O–H groups in total. The Hall–Kier alpha value is -2.93. The van der Waals surface area contributed by atoms with Gasteiger partial charge < -0.3 is 10.2 Å². The molecule has 1 amide bonds. The van der Waals surface area contributed by atoms with Crippen molar-refractivity contribution in [2.45, 2.75) is 17.7 Å². The van der Waals surface area contributed by atoms with Gasteiger partial charge in [0.15, 0.2) is 5.82 Å². The molecular formula is C23H23FN4OS. The van der Waals surface area contributed by atoms with E-state index in [0.29, 0.717) is 12.2 Å². The lowest BCUT2D eigenvalue weighted by Gasteiger charge is -2.32. The SMILES string of the molecule is CSc1cccc(NC(=O)C2CCCN(c3ccc(-c4ccc(F)cc4)nn3)C2)c1. The van der Waals surface area contributed by atoms with Crippen LogP contribution < -0.4 is 10.2 Å². The first-order valence-corrected chi connectivity index (χ1v) is 11.1. The van der Waals surface area contributed by atoms with Crippen molar-refractivity contribution in [3.05, 3.63) is 66.5 Å². The largest absolute Gasteiger partial charge is 0.354 e. The van der Waals surface area contributed by atoms with Crippen molar-refractivity contribution in [2.75, 3.05) is 29.6 Å². The van der Waals surface area contributed by atoms with Crippen molar-refractivity contribution < 1.29 is 9.18 Å². The van der Waals surface area contributed by atoms with Crippen molar-refractivity contribution in [2.24, 2.45) is 5.92 Å². The summed E-state index contributed by atoms with van der Waals surface area (Å²) in [6.07, 6.45) is 3.79. The minimum Gasteiger partial charge on any atom is -0.354 e. The lowest BCUT2D eigenvalue weighted by molar-refractivity contribution is -0.120. The molecule has 5 nitrogen and oxygen atoms in total. The van der Waals surface area contributed by atoms with E-state index in [1.165, 1.54) is 12.1 Å². The zero-order chi connectivity index (χ0) is 20.9. The van der Waals surface area contributed by atoms with Crippen LogP contribution >= 0.6 is 11.8 Å². The first-order valence-electron chi connectivity index (χ1n) is 9.92. The van der Waals surface area contributed by atoms with Gasteiger partial charge in [-0.3, -0.25) is 4.79 Å². The fourth-order valence-corrected chi connectivity index (χ4v) is 4.07. The Bertz CT molecular complexity index is 1010. The third kappa shape index (κ3) is 4.79. The van der Waals surface area contributed by atoms with E-state index in [1.807, 2.05) is 42.7 Å². The third-order valence-electron chi connectivity index (χ3n) is 5.24. The standard InChI is InChI=1S/C23H23FN4OS/c1-30-20-6-2-5-19(14-20)25-23(29)17-4-3-13-28(15-17)22-12-11-21(26-27-22)16-7-9-18(24)10-8-16/h2,5-12,14,17H,3-4,13,15H2,1H3,(H,25,29). The van der Waals surface area contributed by atoms with Crippen LogP contribution in [0.15, 0.2) is 65.6 Å². The van der Waals surface area contributed by atoms with Crippen molar-refractivity contribution in [3.63, 3.8) is 0 Å². The summed E-state index contributed by atoms with van der Waals surface area (Å²) in [6, 6.07) is 17.9. The molecule has 1 aromatic heterocycles. The molecule has 1 atom stereocenters. The van der Waals surface area contributed by atoms with E-state index >= 15 is 0 Å². The highest BCUT2D eigenvalue weighted by molar-refractivity contribution is 7.98. The van der Waals surface area contributed by atoms with Gasteiger partial charge in [-0.1, -0.05) is 6.07 Å². The van der Waals surface area contributed by atoms with Gasteiger partial charge >= 0.3 is 0 Å². The Balaban J connectivity index is 1.41. The fourth-order valence-electron chi connectivity index (χ4n) is 3.61. The summed E-state index contributed by atoms with van der Waals surface area (Å²) < 4.78 is 13.1. The van der Waals surface area contributed by atoms with Gasteiger partial charge in [-0.05, 0) is 73.7 Å². The van der Waals surface area contributed by atoms with E-state index in [-0.39, 0.29) is 17.6 Å². The van der Waals surface area contributed by atoms with Gasteiger partial charge in [0.1, 0.15) is 5.82 Å². The third-order valence-corrected chi connectivity index (χ3v) is 5.97. The number of nitrogens with zero attached hydrogens (tertiary/aromatic N) is 3. The van der Waals surface area contributed by atoms with E-state index < -0.39 is 0 Å². The lowest BCUT2D eigenvalue weighted by atomic mass is 9.97. The van der Waals surface area contributed by atoms with E-state index in [2.05, 4.69) is 20.4 Å². The fraction of sp³-hybridized carbons (Fsp3) is 0.261. The number of anilines is 2. The van der Waals surface area contributed by atoms with Crippen LogP contribution in [0.2, 0.25) is 0 Å². The van der Waals surface area contributed by atoms with E-state index in [4.69, 9.17) is 0 Å². The zero-order valence-corrected chi connectivity index (χ0v) is 17.5. The Labute approximate surface area is 179 Å². The second-order valence-corrected chi connectivity index (χ2v) is 8.17. The summed E-state index contributed by atoms with van der Waals surface area (Å²) >= 11 is 1.65. The molecule has 0 saturated carbocycles. The van der Waals surface area contributed by atoms with E-state index in [0.717, 1.165) is 41.4 Å². The van der Waals surface area contributed by atoms with Gasteiger partial charge in [0.05, 0.1) is 11.6 Å². The highest BCUT2D eigenvalue weighted by Gasteiger charge is 2.27. The van der Waals surface area contributed by atoms with Crippen molar-refractivity contribution in [1.82, 2.24) is 10.2 Å². The summed E-state index contributed by atoms with van der Waals surface area (Å²) in [7, 11) is 0. The Kier molecular flexibility index (Phi) is 6.28. The van der Waals surface area contributed by atoms with Gasteiger partial charge in [-0.2, -0.15) is 0 Å². The summed E-state index contributed by atoms with van der Waals surface area (Å²) in [5.74, 6) is 0.410. The summed E-state index contributed by atoms with van der Waals surface area (Å²) in [5.41, 5.74) is 2.34. The Morgan fingerprint density at radius 3 is 2.70 bits per heavy atom. The smallest absolute Gasteiger partial charge is 0.229 e. The van der Waals surface area contributed by atoms with Crippen LogP contribution in [0.1, 0.15) is 12.8 Å². The molecule has 1 unspecified atom stereocenters. The molecule has 1 aliphatic heterocycles. The summed E-state index contributed by atoms with van der Waals surface area (Å²) in [6.45, 7) is 1.45. The van der Waals surface area contributed by atoms with Crippen LogP contribution in [-0.4, -0.2) is 35.4 Å². The Morgan fingerprint density at radius 2 is 1.97 bits per heavy atom. The molecule has 1 aliphatic rings. The maximum Gasteiger partial charge on any atom is 0.229 e. The molecule has 154 valence electrons. The molecule has 0 bridgehead atoms. The lowest BCUT2D eigenvalue weighted by Crippen LogP contribution is -2.41. The minimum absolute atomic E-state index is 0.0360. The molecule has 0 radical (unpaired) electrons. The van der Waals surface area contributed by atoms with Crippen molar-refractivity contribution >= 4 is 29.2 Å². The molecule has 7 heteroatoms. The van der Waals surface area contributed by atoms with Crippen LogP contribution in [-0.2, 0) is 4.79 Å². The molecule has 2 aromatic carbocycles. The molecule has 1 saturated heterocycles. The number of hydrogen-bond donors (Lipinski definition) is 1.